The van der Waals surface area contributed by atoms with Gasteiger partial charge in [-0.15, -0.1) is 11.6 Å². The molecule has 60 valence electrons. The molecule has 2 bridgehead atoms. The first-order valence-electron chi connectivity index (χ1n) is 4.67. The fourth-order valence-corrected chi connectivity index (χ4v) is 3.96. The second kappa shape index (κ2) is 2.04. The van der Waals surface area contributed by atoms with Crippen molar-refractivity contribution in [3.05, 3.63) is 12.2 Å². The molecule has 2 saturated carbocycles. The van der Waals surface area contributed by atoms with Crippen molar-refractivity contribution in [1.29, 1.82) is 0 Å². The van der Waals surface area contributed by atoms with Crippen molar-refractivity contribution in [2.24, 2.45) is 23.7 Å². The average molecular weight is 169 g/mol. The number of hydrogen-bond donors (Lipinski definition) is 0. The van der Waals surface area contributed by atoms with Crippen LogP contribution in [-0.4, -0.2) is 5.38 Å². The van der Waals surface area contributed by atoms with Crippen molar-refractivity contribution in [1.82, 2.24) is 0 Å². The van der Waals surface area contributed by atoms with E-state index in [9.17, 15) is 0 Å². The molecule has 0 spiro atoms. The number of hydrogen-bond acceptors (Lipinski definition) is 0. The standard InChI is InChI=1S/C10H13Cl/c11-10-5-6-4-9(10)8-3-1-2-7(6)8/h1,3,6-10H,2,4-5H2. The van der Waals surface area contributed by atoms with E-state index in [2.05, 4.69) is 12.2 Å². The molecule has 11 heavy (non-hydrogen) atoms. The molecule has 0 heterocycles. The summed E-state index contributed by atoms with van der Waals surface area (Å²) in [6.07, 6.45) is 8.85. The van der Waals surface area contributed by atoms with Gasteiger partial charge in [0.15, 0.2) is 0 Å². The fraction of sp³-hybridized carbons (Fsp3) is 0.800. The molecule has 0 aromatic carbocycles. The zero-order valence-corrected chi connectivity index (χ0v) is 7.30. The van der Waals surface area contributed by atoms with E-state index in [-0.39, 0.29) is 0 Å². The van der Waals surface area contributed by atoms with Gasteiger partial charge in [0.1, 0.15) is 0 Å². The van der Waals surface area contributed by atoms with Gasteiger partial charge in [-0.1, -0.05) is 12.2 Å². The van der Waals surface area contributed by atoms with Crippen molar-refractivity contribution in [2.45, 2.75) is 24.6 Å². The summed E-state index contributed by atoms with van der Waals surface area (Å²) in [6, 6.07) is 0. The molecule has 0 N–H and O–H groups in total. The number of halogens is 1. The number of rotatable bonds is 0. The van der Waals surface area contributed by atoms with Crippen LogP contribution in [0.3, 0.4) is 0 Å². The summed E-state index contributed by atoms with van der Waals surface area (Å²) in [7, 11) is 0. The van der Waals surface area contributed by atoms with Crippen LogP contribution in [0.5, 0.6) is 0 Å². The highest BCUT2D eigenvalue weighted by Crippen LogP contribution is 2.57. The Morgan fingerprint density at radius 3 is 3.00 bits per heavy atom. The van der Waals surface area contributed by atoms with Gasteiger partial charge in [0.2, 0.25) is 0 Å². The molecule has 2 fully saturated rings. The molecule has 0 nitrogen and oxygen atoms in total. The quantitative estimate of drug-likeness (QED) is 0.386. The summed E-state index contributed by atoms with van der Waals surface area (Å²) in [5.74, 6) is 3.68. The third-order valence-corrected chi connectivity index (χ3v) is 4.43. The lowest BCUT2D eigenvalue weighted by molar-refractivity contribution is 0.289. The molecule has 0 aliphatic heterocycles. The third kappa shape index (κ3) is 0.717. The molecule has 1 heteroatoms. The minimum atomic E-state index is 0.504. The van der Waals surface area contributed by atoms with Gasteiger partial charge in [0, 0.05) is 5.38 Å². The van der Waals surface area contributed by atoms with Crippen LogP contribution in [0.4, 0.5) is 0 Å². The first kappa shape index (κ1) is 6.54. The zero-order valence-electron chi connectivity index (χ0n) is 6.54. The Hall–Kier alpha value is 0.0300. The van der Waals surface area contributed by atoms with Crippen LogP contribution in [-0.2, 0) is 0 Å². The number of allylic oxidation sites excluding steroid dienone is 2. The van der Waals surface area contributed by atoms with Gasteiger partial charge in [-0.2, -0.15) is 0 Å². The van der Waals surface area contributed by atoms with E-state index in [1.54, 1.807) is 0 Å². The van der Waals surface area contributed by atoms with E-state index in [4.69, 9.17) is 11.6 Å². The van der Waals surface area contributed by atoms with Gasteiger partial charge in [-0.3, -0.25) is 0 Å². The molecule has 3 aliphatic rings. The molecule has 5 atom stereocenters. The predicted octanol–water partition coefficient (Wildman–Crippen LogP) is 2.83. The average Bonchev–Trinajstić information content (AvgIpc) is 2.52. The molecular formula is C10H13Cl. The van der Waals surface area contributed by atoms with Gasteiger partial charge < -0.3 is 0 Å². The molecular weight excluding hydrogens is 156 g/mol. The summed E-state index contributed by atoms with van der Waals surface area (Å²) in [4.78, 5) is 0. The predicted molar refractivity (Wildman–Crippen MR) is 46.6 cm³/mol. The summed E-state index contributed by atoms with van der Waals surface area (Å²) >= 11 is 6.24. The van der Waals surface area contributed by atoms with Crippen molar-refractivity contribution in [3.63, 3.8) is 0 Å². The van der Waals surface area contributed by atoms with E-state index >= 15 is 0 Å². The first-order chi connectivity index (χ1) is 5.36. The molecule has 0 amide bonds. The molecule has 5 unspecified atom stereocenters. The van der Waals surface area contributed by atoms with Crippen molar-refractivity contribution >= 4 is 11.6 Å². The van der Waals surface area contributed by atoms with Gasteiger partial charge in [0.25, 0.3) is 0 Å². The summed E-state index contributed by atoms with van der Waals surface area (Å²) in [6.45, 7) is 0. The van der Waals surface area contributed by atoms with E-state index in [1.165, 1.54) is 19.3 Å². The Morgan fingerprint density at radius 2 is 2.09 bits per heavy atom. The highest BCUT2D eigenvalue weighted by atomic mass is 35.5. The van der Waals surface area contributed by atoms with Gasteiger partial charge in [-0.05, 0) is 42.9 Å². The Bertz CT molecular complexity index is 209. The molecule has 0 aromatic heterocycles. The Balaban J connectivity index is 1.94. The first-order valence-corrected chi connectivity index (χ1v) is 5.10. The number of alkyl halides is 1. The van der Waals surface area contributed by atoms with Crippen LogP contribution in [0, 0.1) is 23.7 Å². The highest BCUT2D eigenvalue weighted by molar-refractivity contribution is 6.21. The molecule has 0 aromatic rings. The summed E-state index contributed by atoms with van der Waals surface area (Å²) in [5, 5.41) is 0.504. The minimum absolute atomic E-state index is 0.504. The number of fused-ring (bicyclic) bond motifs is 5. The van der Waals surface area contributed by atoms with E-state index in [1.807, 2.05) is 0 Å². The lowest BCUT2D eigenvalue weighted by Crippen LogP contribution is -2.24. The maximum Gasteiger partial charge on any atom is 0.0372 e. The third-order valence-electron chi connectivity index (χ3n) is 3.93. The van der Waals surface area contributed by atoms with Crippen LogP contribution < -0.4 is 0 Å². The van der Waals surface area contributed by atoms with Crippen LogP contribution in [0.1, 0.15) is 19.3 Å². The van der Waals surface area contributed by atoms with Crippen LogP contribution >= 0.6 is 11.6 Å². The van der Waals surface area contributed by atoms with Crippen LogP contribution in [0.25, 0.3) is 0 Å². The molecule has 0 radical (unpaired) electrons. The lowest BCUT2D eigenvalue weighted by Gasteiger charge is -2.27. The highest BCUT2D eigenvalue weighted by Gasteiger charge is 2.51. The Labute approximate surface area is 72.6 Å². The van der Waals surface area contributed by atoms with E-state index < -0.39 is 0 Å². The Morgan fingerprint density at radius 1 is 1.18 bits per heavy atom. The maximum atomic E-state index is 6.24. The lowest BCUT2D eigenvalue weighted by atomic mass is 9.81. The van der Waals surface area contributed by atoms with Crippen LogP contribution in [0.2, 0.25) is 0 Å². The second-order valence-electron chi connectivity index (χ2n) is 4.32. The van der Waals surface area contributed by atoms with Crippen molar-refractivity contribution in [3.8, 4) is 0 Å². The van der Waals surface area contributed by atoms with Crippen LogP contribution in [0.15, 0.2) is 12.2 Å². The second-order valence-corrected chi connectivity index (χ2v) is 4.88. The summed E-state index contributed by atoms with van der Waals surface area (Å²) < 4.78 is 0. The van der Waals surface area contributed by atoms with Gasteiger partial charge >= 0.3 is 0 Å². The SMILES string of the molecule is ClC1CC2CC1C1C=CCC21. The van der Waals surface area contributed by atoms with E-state index in [0.29, 0.717) is 5.38 Å². The smallest absolute Gasteiger partial charge is 0.0372 e. The maximum absolute atomic E-state index is 6.24. The molecule has 0 saturated heterocycles. The Kier molecular flexibility index (Phi) is 1.21. The topological polar surface area (TPSA) is 0 Å². The van der Waals surface area contributed by atoms with Gasteiger partial charge in [0.05, 0.1) is 0 Å². The largest absolute Gasteiger partial charge is 0.123 e. The summed E-state index contributed by atoms with van der Waals surface area (Å²) in [5.41, 5.74) is 0. The van der Waals surface area contributed by atoms with Gasteiger partial charge in [-0.25, -0.2) is 0 Å². The van der Waals surface area contributed by atoms with Crippen molar-refractivity contribution in [2.75, 3.05) is 0 Å². The van der Waals surface area contributed by atoms with E-state index in [0.717, 1.165) is 23.7 Å². The fourth-order valence-electron chi connectivity index (χ4n) is 3.46. The molecule has 3 aliphatic carbocycles. The zero-order chi connectivity index (χ0) is 7.42. The van der Waals surface area contributed by atoms with Crippen molar-refractivity contribution < 1.29 is 0 Å². The monoisotopic (exact) mass is 168 g/mol. The minimum Gasteiger partial charge on any atom is -0.123 e. The molecule has 3 rings (SSSR count). The normalized spacial score (nSPS) is 58.8.